The number of fused-ring (bicyclic) bond motifs is 3. The van der Waals surface area contributed by atoms with E-state index < -0.39 is 0 Å². The number of Topliss-reactive ketones (excluding diaryl/α,β-unsaturated/α-hetero) is 1. The van der Waals surface area contributed by atoms with Gasteiger partial charge in [0.1, 0.15) is 0 Å². The van der Waals surface area contributed by atoms with Crippen molar-refractivity contribution in [3.05, 3.63) is 69.8 Å². The molecule has 0 N–H and O–H groups in total. The average Bonchev–Trinajstić information content (AvgIpc) is 3.28. The maximum absolute atomic E-state index is 13.7. The monoisotopic (exact) mass is 466 g/mol. The summed E-state index contributed by atoms with van der Waals surface area (Å²) >= 11 is 0. The fourth-order valence-corrected chi connectivity index (χ4v) is 6.73. The van der Waals surface area contributed by atoms with Crippen LogP contribution in [0.3, 0.4) is 0 Å². The minimum absolute atomic E-state index is 0.136. The lowest BCUT2D eigenvalue weighted by atomic mass is 9.68. The number of likely N-dealkylation sites (tertiary alicyclic amines) is 1. The number of nitrogens with zero attached hydrogens (tertiary/aromatic N) is 4. The first-order valence-electron chi connectivity index (χ1n) is 13.0. The van der Waals surface area contributed by atoms with Gasteiger partial charge < -0.3 is 9.80 Å². The predicted molar refractivity (Wildman–Crippen MR) is 140 cm³/mol. The molecular formula is C30H34N4O. The molecule has 5 heteroatoms. The summed E-state index contributed by atoms with van der Waals surface area (Å²) in [5.41, 5.74) is 7.82. The van der Waals surface area contributed by atoms with Crippen molar-refractivity contribution in [1.82, 2.24) is 9.80 Å². The third-order valence-corrected chi connectivity index (χ3v) is 8.96. The standard InChI is InChI=1S/C30H34N4O/c1-30(2)26-18-23(34-14-12-33(13-15-34)22-8-10-32(3)11-9-22)5-7-25(26)29(35)28-24-6-4-20(19-31)16-21(24)17-27(28)30/h4-7,16,18,22H,8-15,17H2,1-3H3. The second-order valence-corrected chi connectivity index (χ2v) is 11.3. The number of ketones is 1. The van der Waals surface area contributed by atoms with Gasteiger partial charge in [0.05, 0.1) is 11.6 Å². The minimum Gasteiger partial charge on any atom is -0.369 e. The van der Waals surface area contributed by atoms with E-state index in [9.17, 15) is 10.1 Å². The van der Waals surface area contributed by atoms with Crippen molar-refractivity contribution in [2.45, 2.75) is 44.6 Å². The van der Waals surface area contributed by atoms with Crippen LogP contribution < -0.4 is 4.90 Å². The molecule has 180 valence electrons. The number of benzene rings is 2. The van der Waals surface area contributed by atoms with Crippen molar-refractivity contribution in [1.29, 1.82) is 5.26 Å². The van der Waals surface area contributed by atoms with Gasteiger partial charge in [-0.05, 0) is 92.0 Å². The zero-order valence-electron chi connectivity index (χ0n) is 21.1. The van der Waals surface area contributed by atoms with Crippen LogP contribution in [0.2, 0.25) is 0 Å². The van der Waals surface area contributed by atoms with E-state index in [1.807, 2.05) is 18.2 Å². The summed E-state index contributed by atoms with van der Waals surface area (Å²) in [6.45, 7) is 11.2. The van der Waals surface area contributed by atoms with E-state index in [4.69, 9.17) is 0 Å². The molecule has 2 aliphatic carbocycles. The first kappa shape index (κ1) is 22.5. The molecule has 5 nitrogen and oxygen atoms in total. The number of allylic oxidation sites excluding steroid dienone is 2. The van der Waals surface area contributed by atoms with Crippen molar-refractivity contribution in [3.63, 3.8) is 0 Å². The van der Waals surface area contributed by atoms with Crippen LogP contribution in [-0.4, -0.2) is 67.9 Å². The molecule has 2 aromatic rings. The van der Waals surface area contributed by atoms with Gasteiger partial charge in [0, 0.05) is 54.5 Å². The Labute approximate surface area is 208 Å². The van der Waals surface area contributed by atoms with Gasteiger partial charge >= 0.3 is 0 Å². The van der Waals surface area contributed by atoms with E-state index in [1.165, 1.54) is 37.2 Å². The zero-order chi connectivity index (χ0) is 24.3. The van der Waals surface area contributed by atoms with Crippen molar-refractivity contribution >= 4 is 17.0 Å². The zero-order valence-corrected chi connectivity index (χ0v) is 21.1. The Morgan fingerprint density at radius 3 is 2.37 bits per heavy atom. The predicted octanol–water partition coefficient (Wildman–Crippen LogP) is 4.26. The van der Waals surface area contributed by atoms with E-state index in [1.54, 1.807) is 0 Å². The highest BCUT2D eigenvalue weighted by atomic mass is 16.1. The topological polar surface area (TPSA) is 50.6 Å². The third kappa shape index (κ3) is 3.63. The molecule has 2 saturated heterocycles. The van der Waals surface area contributed by atoms with Crippen LogP contribution in [0.4, 0.5) is 5.69 Å². The quantitative estimate of drug-likeness (QED) is 0.662. The molecule has 35 heavy (non-hydrogen) atoms. The SMILES string of the molecule is CN1CCC(N2CCN(c3ccc4c(c3)C(C)(C)C3=C(C4=O)c4ccc(C#N)cc4C3)CC2)CC1. The summed E-state index contributed by atoms with van der Waals surface area (Å²) in [4.78, 5) is 21.3. The van der Waals surface area contributed by atoms with Gasteiger partial charge in [0.2, 0.25) is 0 Å². The van der Waals surface area contributed by atoms with Gasteiger partial charge in [0.15, 0.2) is 5.78 Å². The van der Waals surface area contributed by atoms with Crippen LogP contribution >= 0.6 is 0 Å². The van der Waals surface area contributed by atoms with Gasteiger partial charge in [-0.3, -0.25) is 9.69 Å². The minimum atomic E-state index is -0.226. The fourth-order valence-electron chi connectivity index (χ4n) is 6.73. The molecule has 0 saturated carbocycles. The van der Waals surface area contributed by atoms with Crippen molar-refractivity contribution in [3.8, 4) is 6.07 Å². The Bertz CT molecular complexity index is 1270. The Morgan fingerprint density at radius 1 is 0.943 bits per heavy atom. The molecule has 0 bridgehead atoms. The molecule has 2 aliphatic heterocycles. The molecule has 2 heterocycles. The molecule has 0 aromatic heterocycles. The van der Waals surface area contributed by atoms with Crippen LogP contribution in [0.25, 0.3) is 5.57 Å². The first-order valence-corrected chi connectivity index (χ1v) is 13.0. The van der Waals surface area contributed by atoms with Gasteiger partial charge in [-0.15, -0.1) is 0 Å². The fraction of sp³-hybridized carbons (Fsp3) is 0.467. The summed E-state index contributed by atoms with van der Waals surface area (Å²) < 4.78 is 0. The largest absolute Gasteiger partial charge is 0.369 e. The van der Waals surface area contributed by atoms with Gasteiger partial charge in [0.25, 0.3) is 0 Å². The highest BCUT2D eigenvalue weighted by Crippen LogP contribution is 2.50. The third-order valence-electron chi connectivity index (χ3n) is 8.96. The highest BCUT2D eigenvalue weighted by molar-refractivity contribution is 6.33. The van der Waals surface area contributed by atoms with E-state index in [-0.39, 0.29) is 11.2 Å². The van der Waals surface area contributed by atoms with Gasteiger partial charge in [-0.1, -0.05) is 19.9 Å². The lowest BCUT2D eigenvalue weighted by Crippen LogP contribution is -2.53. The Kier molecular flexibility index (Phi) is 5.36. The molecule has 0 spiro atoms. The highest BCUT2D eigenvalue weighted by Gasteiger charge is 2.43. The summed E-state index contributed by atoms with van der Waals surface area (Å²) in [5, 5.41) is 9.34. The summed E-state index contributed by atoms with van der Waals surface area (Å²) in [6, 6.07) is 15.2. The molecule has 0 unspecified atom stereocenters. The van der Waals surface area contributed by atoms with E-state index in [2.05, 4.69) is 59.9 Å². The van der Waals surface area contributed by atoms with Crippen LogP contribution in [0.1, 0.15) is 59.3 Å². The Hall–Kier alpha value is -2.94. The van der Waals surface area contributed by atoms with E-state index in [0.29, 0.717) is 5.56 Å². The van der Waals surface area contributed by atoms with E-state index >= 15 is 0 Å². The van der Waals surface area contributed by atoms with Crippen molar-refractivity contribution in [2.24, 2.45) is 0 Å². The lowest BCUT2D eigenvalue weighted by molar-refractivity contribution is 0.105. The first-order chi connectivity index (χ1) is 16.9. The van der Waals surface area contributed by atoms with Crippen molar-refractivity contribution in [2.75, 3.05) is 51.2 Å². The number of carbonyl (C=O) groups excluding carboxylic acids is 1. The van der Waals surface area contributed by atoms with Gasteiger partial charge in [-0.25, -0.2) is 0 Å². The number of carbonyl (C=O) groups is 1. The number of rotatable bonds is 2. The molecule has 0 atom stereocenters. The Balaban J connectivity index is 1.25. The second-order valence-electron chi connectivity index (χ2n) is 11.3. The molecule has 6 rings (SSSR count). The maximum Gasteiger partial charge on any atom is 0.193 e. The number of piperazine rings is 1. The van der Waals surface area contributed by atoms with E-state index in [0.717, 1.165) is 66.5 Å². The van der Waals surface area contributed by atoms with Crippen LogP contribution in [-0.2, 0) is 11.8 Å². The summed E-state index contributed by atoms with van der Waals surface area (Å²) in [5.74, 6) is 0.136. The van der Waals surface area contributed by atoms with Crippen molar-refractivity contribution < 1.29 is 4.79 Å². The van der Waals surface area contributed by atoms with Crippen LogP contribution in [0.5, 0.6) is 0 Å². The molecular weight excluding hydrogens is 432 g/mol. The second kappa shape index (κ2) is 8.33. The lowest BCUT2D eigenvalue weighted by Gasteiger charge is -2.43. The molecule has 0 amide bonds. The maximum atomic E-state index is 13.7. The molecule has 2 fully saturated rings. The number of anilines is 1. The number of nitriles is 1. The number of hydrogen-bond acceptors (Lipinski definition) is 5. The van der Waals surface area contributed by atoms with Crippen LogP contribution in [0.15, 0.2) is 42.0 Å². The molecule has 0 radical (unpaired) electrons. The van der Waals surface area contributed by atoms with Gasteiger partial charge in [-0.2, -0.15) is 5.26 Å². The smallest absolute Gasteiger partial charge is 0.193 e. The molecule has 2 aromatic carbocycles. The summed E-state index contributed by atoms with van der Waals surface area (Å²) in [6.07, 6.45) is 3.31. The normalized spacial score (nSPS) is 22.6. The molecule has 4 aliphatic rings. The Morgan fingerprint density at radius 2 is 1.66 bits per heavy atom. The average molecular weight is 467 g/mol. The summed E-state index contributed by atoms with van der Waals surface area (Å²) in [7, 11) is 2.23. The van der Waals surface area contributed by atoms with Crippen LogP contribution in [0, 0.1) is 11.3 Å². The number of hydrogen-bond donors (Lipinski definition) is 0. The number of piperidine rings is 1.